The molecule has 2 aliphatic heterocycles. The zero-order valence-electron chi connectivity index (χ0n) is 11.8. The third kappa shape index (κ3) is 3.31. The van der Waals surface area contributed by atoms with Crippen LogP contribution in [-0.4, -0.2) is 31.1 Å². The number of nitrogens with one attached hydrogen (secondary N) is 1. The molecule has 0 bridgehead atoms. The summed E-state index contributed by atoms with van der Waals surface area (Å²) in [5.74, 6) is 0.902. The highest BCUT2D eigenvalue weighted by Crippen LogP contribution is 2.30. The third-order valence-corrected chi connectivity index (χ3v) is 4.67. The van der Waals surface area contributed by atoms with Gasteiger partial charge in [-0.3, -0.25) is 4.90 Å². The van der Waals surface area contributed by atoms with Crippen molar-refractivity contribution in [2.24, 2.45) is 5.92 Å². The summed E-state index contributed by atoms with van der Waals surface area (Å²) >= 11 is 0. The first-order chi connectivity index (χ1) is 8.84. The van der Waals surface area contributed by atoms with Crippen molar-refractivity contribution in [3.8, 4) is 0 Å². The van der Waals surface area contributed by atoms with Crippen LogP contribution in [0.2, 0.25) is 0 Å². The lowest BCUT2D eigenvalue weighted by Crippen LogP contribution is -2.40. The van der Waals surface area contributed by atoms with Gasteiger partial charge in [0, 0.05) is 19.1 Å². The quantitative estimate of drug-likeness (QED) is 0.896. The van der Waals surface area contributed by atoms with Gasteiger partial charge in [0.1, 0.15) is 0 Å². The maximum absolute atomic E-state index is 3.46. The van der Waals surface area contributed by atoms with Gasteiger partial charge in [-0.15, -0.1) is 12.4 Å². The molecule has 2 nitrogen and oxygen atoms in total. The number of hydrogen-bond donors (Lipinski definition) is 1. The molecule has 1 aromatic carbocycles. The summed E-state index contributed by atoms with van der Waals surface area (Å²) in [5.41, 5.74) is 3.12. The first-order valence-corrected chi connectivity index (χ1v) is 7.37. The van der Waals surface area contributed by atoms with E-state index in [1.165, 1.54) is 45.4 Å². The van der Waals surface area contributed by atoms with E-state index >= 15 is 0 Å². The van der Waals surface area contributed by atoms with Crippen molar-refractivity contribution >= 4 is 12.4 Å². The molecule has 0 spiro atoms. The maximum Gasteiger partial charge on any atom is 0.0322 e. The van der Waals surface area contributed by atoms with Gasteiger partial charge < -0.3 is 5.32 Å². The molecule has 0 aromatic heterocycles. The molecule has 0 radical (unpaired) electrons. The highest BCUT2D eigenvalue weighted by atomic mass is 35.5. The second-order valence-electron chi connectivity index (χ2n) is 5.81. The van der Waals surface area contributed by atoms with Crippen LogP contribution in [0.15, 0.2) is 24.3 Å². The minimum absolute atomic E-state index is 0. The van der Waals surface area contributed by atoms with Gasteiger partial charge in [-0.1, -0.05) is 24.3 Å². The topological polar surface area (TPSA) is 15.3 Å². The zero-order valence-corrected chi connectivity index (χ0v) is 12.6. The van der Waals surface area contributed by atoms with Gasteiger partial charge in [0.15, 0.2) is 0 Å². The molecule has 0 amide bonds. The van der Waals surface area contributed by atoms with Crippen molar-refractivity contribution in [1.29, 1.82) is 0 Å². The highest BCUT2D eigenvalue weighted by Gasteiger charge is 2.26. The number of fused-ring (bicyclic) bond motifs is 1. The van der Waals surface area contributed by atoms with Gasteiger partial charge in [-0.2, -0.15) is 0 Å². The molecule has 1 aromatic rings. The number of piperidine rings is 1. The van der Waals surface area contributed by atoms with E-state index in [4.69, 9.17) is 0 Å². The number of halogens is 1. The van der Waals surface area contributed by atoms with Crippen molar-refractivity contribution in [1.82, 2.24) is 10.2 Å². The number of rotatable bonds is 2. The molecule has 19 heavy (non-hydrogen) atoms. The van der Waals surface area contributed by atoms with Gasteiger partial charge in [0.2, 0.25) is 0 Å². The number of hydrogen-bond acceptors (Lipinski definition) is 2. The SMILES string of the molecule is CC1c2ccccc2CCN1CC1CCNCC1.Cl. The Balaban J connectivity index is 0.00000133. The van der Waals surface area contributed by atoms with Crippen molar-refractivity contribution in [3.05, 3.63) is 35.4 Å². The van der Waals surface area contributed by atoms with Crippen LogP contribution in [0, 0.1) is 5.92 Å². The van der Waals surface area contributed by atoms with Crippen LogP contribution in [0.1, 0.15) is 36.9 Å². The summed E-state index contributed by atoms with van der Waals surface area (Å²) in [6, 6.07) is 9.57. The number of benzene rings is 1. The van der Waals surface area contributed by atoms with E-state index in [0.717, 1.165) is 5.92 Å². The molecule has 3 heteroatoms. The van der Waals surface area contributed by atoms with E-state index in [1.54, 1.807) is 11.1 Å². The Labute approximate surface area is 123 Å². The maximum atomic E-state index is 3.46. The Bertz CT molecular complexity index is 401. The van der Waals surface area contributed by atoms with E-state index < -0.39 is 0 Å². The lowest BCUT2D eigenvalue weighted by Gasteiger charge is -2.38. The predicted molar refractivity (Wildman–Crippen MR) is 83.0 cm³/mol. The molecule has 2 aliphatic rings. The fourth-order valence-corrected chi connectivity index (χ4v) is 3.47. The summed E-state index contributed by atoms with van der Waals surface area (Å²) < 4.78 is 0. The Morgan fingerprint density at radius 2 is 1.95 bits per heavy atom. The minimum Gasteiger partial charge on any atom is -0.317 e. The molecule has 1 N–H and O–H groups in total. The van der Waals surface area contributed by atoms with Crippen LogP contribution in [0.25, 0.3) is 0 Å². The van der Waals surface area contributed by atoms with E-state index in [9.17, 15) is 0 Å². The number of nitrogens with zero attached hydrogens (tertiary/aromatic N) is 1. The fraction of sp³-hybridized carbons (Fsp3) is 0.625. The lowest BCUT2D eigenvalue weighted by atomic mass is 9.91. The standard InChI is InChI=1S/C16H24N2.ClH/c1-13-16-5-3-2-4-15(16)8-11-18(13)12-14-6-9-17-10-7-14;/h2-5,13-14,17H,6-12H2,1H3;1H. The summed E-state index contributed by atoms with van der Waals surface area (Å²) in [5, 5.41) is 3.46. The van der Waals surface area contributed by atoms with Crippen LogP contribution in [0.3, 0.4) is 0 Å². The summed E-state index contributed by atoms with van der Waals surface area (Å²) in [4.78, 5) is 2.69. The van der Waals surface area contributed by atoms with E-state index in [-0.39, 0.29) is 12.4 Å². The normalized spacial score (nSPS) is 24.6. The van der Waals surface area contributed by atoms with Crippen LogP contribution in [0.5, 0.6) is 0 Å². The first-order valence-electron chi connectivity index (χ1n) is 7.37. The average molecular weight is 281 g/mol. The van der Waals surface area contributed by atoms with Gasteiger partial charge in [-0.25, -0.2) is 0 Å². The molecule has 3 rings (SSSR count). The van der Waals surface area contributed by atoms with Crippen LogP contribution in [-0.2, 0) is 6.42 Å². The molecule has 0 aliphatic carbocycles. The van der Waals surface area contributed by atoms with Crippen LogP contribution < -0.4 is 5.32 Å². The highest BCUT2D eigenvalue weighted by molar-refractivity contribution is 5.85. The molecule has 0 saturated carbocycles. The minimum atomic E-state index is 0. The van der Waals surface area contributed by atoms with Crippen LogP contribution >= 0.6 is 12.4 Å². The van der Waals surface area contributed by atoms with Crippen molar-refractivity contribution in [3.63, 3.8) is 0 Å². The van der Waals surface area contributed by atoms with Gasteiger partial charge >= 0.3 is 0 Å². The predicted octanol–water partition coefficient (Wildman–Crippen LogP) is 3.03. The molecular weight excluding hydrogens is 256 g/mol. The molecule has 1 fully saturated rings. The average Bonchev–Trinajstić information content (AvgIpc) is 2.43. The van der Waals surface area contributed by atoms with Crippen LogP contribution in [0.4, 0.5) is 0 Å². The van der Waals surface area contributed by atoms with Gasteiger partial charge in [0.25, 0.3) is 0 Å². The summed E-state index contributed by atoms with van der Waals surface area (Å²) in [7, 11) is 0. The van der Waals surface area contributed by atoms with Crippen molar-refractivity contribution in [2.75, 3.05) is 26.2 Å². The van der Waals surface area contributed by atoms with E-state index in [0.29, 0.717) is 6.04 Å². The largest absolute Gasteiger partial charge is 0.317 e. The zero-order chi connectivity index (χ0) is 12.4. The molecular formula is C16H25ClN2. The summed E-state index contributed by atoms with van der Waals surface area (Å²) in [6.07, 6.45) is 3.93. The molecule has 1 unspecified atom stereocenters. The lowest BCUT2D eigenvalue weighted by molar-refractivity contribution is 0.152. The Kier molecular flexibility index (Phi) is 5.26. The van der Waals surface area contributed by atoms with Crippen molar-refractivity contribution in [2.45, 2.75) is 32.2 Å². The van der Waals surface area contributed by atoms with Crippen molar-refractivity contribution < 1.29 is 0 Å². The summed E-state index contributed by atoms with van der Waals surface area (Å²) in [6.45, 7) is 7.32. The second kappa shape index (κ2) is 6.74. The monoisotopic (exact) mass is 280 g/mol. The first kappa shape index (κ1) is 14.8. The van der Waals surface area contributed by atoms with E-state index in [1.807, 2.05) is 0 Å². The smallest absolute Gasteiger partial charge is 0.0322 e. The fourth-order valence-electron chi connectivity index (χ4n) is 3.47. The molecule has 1 saturated heterocycles. The molecule has 2 heterocycles. The van der Waals surface area contributed by atoms with Gasteiger partial charge in [-0.05, 0) is 56.3 Å². The Hall–Kier alpha value is -0.570. The van der Waals surface area contributed by atoms with E-state index in [2.05, 4.69) is 41.4 Å². The third-order valence-electron chi connectivity index (χ3n) is 4.67. The Morgan fingerprint density at radius 1 is 1.21 bits per heavy atom. The molecule has 106 valence electrons. The Morgan fingerprint density at radius 3 is 2.74 bits per heavy atom. The second-order valence-corrected chi connectivity index (χ2v) is 5.81. The van der Waals surface area contributed by atoms with Gasteiger partial charge in [0.05, 0.1) is 0 Å². The molecule has 1 atom stereocenters.